The molecule has 1 heterocycles. The summed E-state index contributed by atoms with van der Waals surface area (Å²) in [5.41, 5.74) is 5.29. The third-order valence-corrected chi connectivity index (χ3v) is 11.3. The van der Waals surface area contributed by atoms with E-state index in [1.807, 2.05) is 30.3 Å². The molecule has 4 N–H and O–H groups in total. The van der Waals surface area contributed by atoms with Gasteiger partial charge in [-0.25, -0.2) is 23.5 Å². The summed E-state index contributed by atoms with van der Waals surface area (Å²) in [6.45, 7) is 5.33. The minimum Gasteiger partial charge on any atom is -0.381 e. The molecule has 0 saturated carbocycles. The first-order valence-electron chi connectivity index (χ1n) is 16.4. The first kappa shape index (κ1) is 36.3. The normalized spacial score (nSPS) is 16.2. The Hall–Kier alpha value is -2.95. The van der Waals surface area contributed by atoms with E-state index in [0.717, 1.165) is 72.2 Å². The molecule has 0 spiro atoms. The van der Waals surface area contributed by atoms with Crippen LogP contribution >= 0.6 is 11.3 Å². The molecule has 2 atom stereocenters. The zero-order chi connectivity index (χ0) is 33.8. The molecule has 48 heavy (non-hydrogen) atoms. The lowest BCUT2D eigenvalue weighted by molar-refractivity contribution is -0.0563. The number of rotatable bonds is 20. The molecular formula is C34H46N4O8S2. The number of hydrogen-bond acceptors (Lipinski definition) is 11. The highest BCUT2D eigenvalue weighted by atomic mass is 32.2. The van der Waals surface area contributed by atoms with Crippen LogP contribution in [0.15, 0.2) is 46.8 Å². The Morgan fingerprint density at radius 3 is 2.06 bits per heavy atom. The third-order valence-electron chi connectivity index (χ3n) is 8.16. The van der Waals surface area contributed by atoms with E-state index in [0.29, 0.717) is 52.9 Å². The van der Waals surface area contributed by atoms with Crippen molar-refractivity contribution >= 4 is 33.0 Å². The van der Waals surface area contributed by atoms with Gasteiger partial charge in [0, 0.05) is 5.69 Å². The Bertz CT molecular complexity index is 1570. The van der Waals surface area contributed by atoms with Crippen LogP contribution in [0.5, 0.6) is 0 Å². The van der Waals surface area contributed by atoms with Crippen molar-refractivity contribution in [1.82, 2.24) is 9.71 Å². The fraction of sp³-hybridized carbons (Fsp3) is 0.529. The fourth-order valence-electron chi connectivity index (χ4n) is 5.80. The maximum Gasteiger partial charge on any atom is 0.331 e. The van der Waals surface area contributed by atoms with Crippen LogP contribution in [0.3, 0.4) is 0 Å². The molecule has 262 valence electrons. The second-order valence-electron chi connectivity index (χ2n) is 12.0. The number of ether oxygens (including phenoxy) is 5. The van der Waals surface area contributed by atoms with Gasteiger partial charge in [-0.05, 0) is 73.3 Å². The topological polar surface area (TPSA) is 161 Å². The molecule has 3 aromatic rings. The van der Waals surface area contributed by atoms with Crippen molar-refractivity contribution < 1.29 is 37.8 Å². The number of carbonyl (C=O) groups is 1. The molecule has 2 amide bonds. The standard InChI is InChI=1S/C34H46N4O8S2/c1-34(40,24-46-20-18-44-16-14-42-13-15-43-17-19-45-23-25-7-3-2-4-8-25)32-36-22-30(47-32)48(35,41)38-33(39)37-31-28-11-5-9-26(28)21-27-10-6-12-29(27)31/h2-4,7-8,21-22,40H,5-6,9-20,23-24H2,1H3,(H3,35,37,38,39,41)/t34-,48?/m0/s1. The second-order valence-corrected chi connectivity index (χ2v) is 15.1. The van der Waals surface area contributed by atoms with Crippen LogP contribution in [0.25, 0.3) is 0 Å². The summed E-state index contributed by atoms with van der Waals surface area (Å²) in [5, 5.41) is 14.1. The predicted molar refractivity (Wildman–Crippen MR) is 183 cm³/mol. The van der Waals surface area contributed by atoms with Gasteiger partial charge in [0.1, 0.15) is 14.8 Å². The van der Waals surface area contributed by atoms with Crippen molar-refractivity contribution in [1.29, 1.82) is 4.78 Å². The number of carbonyl (C=O) groups excluding carboxylic acids is 1. The summed E-state index contributed by atoms with van der Waals surface area (Å²) in [7, 11) is -3.71. The molecule has 5 rings (SSSR count). The molecule has 1 aromatic heterocycles. The monoisotopic (exact) mass is 702 g/mol. The van der Waals surface area contributed by atoms with Gasteiger partial charge in [-0.1, -0.05) is 36.4 Å². The van der Waals surface area contributed by atoms with E-state index >= 15 is 0 Å². The molecule has 0 radical (unpaired) electrons. The highest BCUT2D eigenvalue weighted by molar-refractivity contribution is 7.93. The number of fused-ring (bicyclic) bond motifs is 2. The number of urea groups is 1. The summed E-state index contributed by atoms with van der Waals surface area (Å²) in [5.74, 6) is 0. The van der Waals surface area contributed by atoms with E-state index in [1.165, 1.54) is 24.2 Å². The van der Waals surface area contributed by atoms with Crippen molar-refractivity contribution in [2.24, 2.45) is 0 Å². The Morgan fingerprint density at radius 2 is 1.46 bits per heavy atom. The quantitative estimate of drug-likeness (QED) is 0.122. The molecule has 2 aromatic carbocycles. The van der Waals surface area contributed by atoms with Gasteiger partial charge in [0.2, 0.25) is 0 Å². The van der Waals surface area contributed by atoms with Crippen LogP contribution < -0.4 is 10.0 Å². The molecule has 14 heteroatoms. The molecule has 2 aliphatic carbocycles. The van der Waals surface area contributed by atoms with Crippen LogP contribution in [-0.2, 0) is 71.5 Å². The van der Waals surface area contributed by atoms with Gasteiger partial charge in [-0.15, -0.1) is 11.3 Å². The summed E-state index contributed by atoms with van der Waals surface area (Å²) in [6, 6.07) is 11.6. The van der Waals surface area contributed by atoms with Crippen molar-refractivity contribution in [2.45, 2.75) is 61.9 Å². The number of nitrogens with zero attached hydrogens (tertiary/aromatic N) is 1. The van der Waals surface area contributed by atoms with Gasteiger partial charge in [-0.2, -0.15) is 0 Å². The Balaban J connectivity index is 0.936. The minimum absolute atomic E-state index is 0.0431. The smallest absolute Gasteiger partial charge is 0.331 e. The van der Waals surface area contributed by atoms with Crippen LogP contribution in [0.2, 0.25) is 0 Å². The predicted octanol–water partition coefficient (Wildman–Crippen LogP) is 4.75. The number of benzene rings is 2. The highest BCUT2D eigenvalue weighted by Crippen LogP contribution is 2.38. The van der Waals surface area contributed by atoms with E-state index in [2.05, 4.69) is 21.1 Å². The number of aromatic nitrogens is 1. The molecular weight excluding hydrogens is 657 g/mol. The first-order valence-corrected chi connectivity index (χ1v) is 18.8. The first-order chi connectivity index (χ1) is 23.2. The van der Waals surface area contributed by atoms with Gasteiger partial charge in [0.15, 0.2) is 9.92 Å². The van der Waals surface area contributed by atoms with Gasteiger partial charge < -0.3 is 34.1 Å². The maximum atomic E-state index is 13.3. The molecule has 2 aliphatic rings. The van der Waals surface area contributed by atoms with E-state index in [-0.39, 0.29) is 22.4 Å². The van der Waals surface area contributed by atoms with E-state index in [1.54, 1.807) is 0 Å². The van der Waals surface area contributed by atoms with E-state index in [9.17, 15) is 14.1 Å². The van der Waals surface area contributed by atoms with Crippen molar-refractivity contribution in [2.75, 3.05) is 64.8 Å². The number of nitrogens with one attached hydrogen (secondary N) is 3. The SMILES string of the molecule is C[C@](O)(COCCOCCOCCOCCOCc1ccccc1)c1ncc(S(=N)(=O)NC(=O)Nc2c3c(cc4c2CCC4)CCC3)s1. The molecule has 0 fully saturated rings. The summed E-state index contributed by atoms with van der Waals surface area (Å²) in [4.78, 5) is 17.2. The van der Waals surface area contributed by atoms with Crippen LogP contribution in [0, 0.1) is 4.78 Å². The Labute approximate surface area is 286 Å². The van der Waals surface area contributed by atoms with E-state index < -0.39 is 21.5 Å². The molecule has 0 bridgehead atoms. The Morgan fingerprint density at radius 1 is 0.896 bits per heavy atom. The van der Waals surface area contributed by atoms with Gasteiger partial charge in [0.25, 0.3) is 0 Å². The van der Waals surface area contributed by atoms with Crippen LogP contribution in [0.4, 0.5) is 10.5 Å². The lowest BCUT2D eigenvalue weighted by Crippen LogP contribution is -2.34. The maximum absolute atomic E-state index is 13.3. The van der Waals surface area contributed by atoms with E-state index in [4.69, 9.17) is 28.5 Å². The second kappa shape index (κ2) is 17.6. The summed E-state index contributed by atoms with van der Waals surface area (Å²) < 4.78 is 51.7. The van der Waals surface area contributed by atoms with Gasteiger partial charge >= 0.3 is 6.03 Å². The van der Waals surface area contributed by atoms with Crippen molar-refractivity contribution in [3.05, 3.63) is 75.4 Å². The zero-order valence-corrected chi connectivity index (χ0v) is 29.1. The number of hydrogen-bond donors (Lipinski definition) is 4. The lowest BCUT2D eigenvalue weighted by Gasteiger charge is -2.20. The fourth-order valence-corrected chi connectivity index (χ4v) is 7.93. The third kappa shape index (κ3) is 10.3. The van der Waals surface area contributed by atoms with Crippen LogP contribution in [-0.4, -0.2) is 79.8 Å². The largest absolute Gasteiger partial charge is 0.381 e. The number of anilines is 1. The summed E-state index contributed by atoms with van der Waals surface area (Å²) in [6.07, 6.45) is 7.13. The van der Waals surface area contributed by atoms with Crippen molar-refractivity contribution in [3.8, 4) is 0 Å². The Kier molecular flexibility index (Phi) is 13.3. The van der Waals surface area contributed by atoms with Gasteiger partial charge in [0.05, 0.1) is 72.3 Å². The van der Waals surface area contributed by atoms with Gasteiger partial charge in [-0.3, -0.25) is 0 Å². The van der Waals surface area contributed by atoms with Crippen LogP contribution in [0.1, 0.15) is 52.6 Å². The molecule has 1 unspecified atom stereocenters. The average molecular weight is 703 g/mol. The summed E-state index contributed by atoms with van der Waals surface area (Å²) >= 11 is 0.909. The molecule has 0 aliphatic heterocycles. The lowest BCUT2D eigenvalue weighted by atomic mass is 9.99. The zero-order valence-electron chi connectivity index (χ0n) is 27.4. The number of aliphatic hydroxyl groups is 1. The number of aryl methyl sites for hydroxylation is 2. The molecule has 0 saturated heterocycles. The molecule has 12 nitrogen and oxygen atoms in total. The number of amides is 2. The van der Waals surface area contributed by atoms with Crippen molar-refractivity contribution in [3.63, 3.8) is 0 Å². The highest BCUT2D eigenvalue weighted by Gasteiger charge is 2.30. The minimum atomic E-state index is -3.71. The average Bonchev–Trinajstić information content (AvgIpc) is 3.85. The number of thiazole rings is 1.